The lowest BCUT2D eigenvalue weighted by atomic mass is 9.92. The lowest BCUT2D eigenvalue weighted by Crippen LogP contribution is -2.34. The maximum Gasteiger partial charge on any atom is 0.0724 e. The SMILES string of the molecule is CCCC1CCN(c2ccc3ncccc3c2N)CC1. The van der Waals surface area contributed by atoms with Crippen LogP contribution in [0, 0.1) is 5.92 Å². The molecule has 2 N–H and O–H groups in total. The van der Waals surface area contributed by atoms with E-state index >= 15 is 0 Å². The van der Waals surface area contributed by atoms with E-state index in [1.54, 1.807) is 0 Å². The zero-order valence-corrected chi connectivity index (χ0v) is 12.2. The average molecular weight is 269 g/mol. The minimum Gasteiger partial charge on any atom is -0.396 e. The summed E-state index contributed by atoms with van der Waals surface area (Å²) in [5.74, 6) is 0.902. The molecule has 1 aromatic carbocycles. The molecule has 0 aliphatic carbocycles. The first-order valence-corrected chi connectivity index (χ1v) is 7.67. The third kappa shape index (κ3) is 2.45. The highest BCUT2D eigenvalue weighted by Gasteiger charge is 2.20. The van der Waals surface area contributed by atoms with Crippen LogP contribution in [0.4, 0.5) is 11.4 Å². The molecular weight excluding hydrogens is 246 g/mol. The van der Waals surface area contributed by atoms with Gasteiger partial charge in [0.15, 0.2) is 0 Å². The monoisotopic (exact) mass is 269 g/mol. The summed E-state index contributed by atoms with van der Waals surface area (Å²) in [6.07, 6.45) is 7.06. The average Bonchev–Trinajstić information content (AvgIpc) is 2.49. The Bertz CT molecular complexity index is 586. The molecule has 0 radical (unpaired) electrons. The van der Waals surface area contributed by atoms with Gasteiger partial charge in [-0.25, -0.2) is 0 Å². The van der Waals surface area contributed by atoms with E-state index < -0.39 is 0 Å². The highest BCUT2D eigenvalue weighted by molar-refractivity contribution is 5.97. The van der Waals surface area contributed by atoms with Crippen molar-refractivity contribution in [3.63, 3.8) is 0 Å². The molecule has 1 aromatic heterocycles. The van der Waals surface area contributed by atoms with Crippen molar-refractivity contribution in [2.45, 2.75) is 32.6 Å². The molecule has 2 heterocycles. The smallest absolute Gasteiger partial charge is 0.0724 e. The molecule has 1 saturated heterocycles. The van der Waals surface area contributed by atoms with Crippen molar-refractivity contribution in [1.29, 1.82) is 0 Å². The highest BCUT2D eigenvalue weighted by atomic mass is 15.1. The Morgan fingerprint density at radius 3 is 2.80 bits per heavy atom. The largest absolute Gasteiger partial charge is 0.396 e. The van der Waals surface area contributed by atoms with Gasteiger partial charge in [-0.2, -0.15) is 0 Å². The van der Waals surface area contributed by atoms with Gasteiger partial charge in [0.1, 0.15) is 0 Å². The highest BCUT2D eigenvalue weighted by Crippen LogP contribution is 2.33. The number of hydrogen-bond acceptors (Lipinski definition) is 3. The van der Waals surface area contributed by atoms with Gasteiger partial charge in [-0.3, -0.25) is 4.98 Å². The number of nitrogens with two attached hydrogens (primary N) is 1. The van der Waals surface area contributed by atoms with E-state index in [1.807, 2.05) is 12.3 Å². The molecule has 0 saturated carbocycles. The first-order valence-electron chi connectivity index (χ1n) is 7.67. The standard InChI is InChI=1S/C17H23N3/c1-2-4-13-8-11-20(12-9-13)16-7-6-15-14(17(16)18)5-3-10-19-15/h3,5-7,10,13H,2,4,8-9,11-12,18H2,1H3. The van der Waals surface area contributed by atoms with Crippen LogP contribution in [0.25, 0.3) is 10.9 Å². The summed E-state index contributed by atoms with van der Waals surface area (Å²) in [6, 6.07) is 8.23. The van der Waals surface area contributed by atoms with Crippen LogP contribution in [0.2, 0.25) is 0 Å². The van der Waals surface area contributed by atoms with Gasteiger partial charge in [-0.05, 0) is 43.0 Å². The van der Waals surface area contributed by atoms with Crippen LogP contribution < -0.4 is 10.6 Å². The summed E-state index contributed by atoms with van der Waals surface area (Å²) in [5.41, 5.74) is 9.40. The fraction of sp³-hybridized carbons (Fsp3) is 0.471. The van der Waals surface area contributed by atoms with Gasteiger partial charge in [0.05, 0.1) is 16.9 Å². The van der Waals surface area contributed by atoms with E-state index in [0.29, 0.717) is 0 Å². The molecule has 0 atom stereocenters. The number of aromatic nitrogens is 1. The quantitative estimate of drug-likeness (QED) is 0.861. The Labute approximate surface area is 120 Å². The predicted molar refractivity (Wildman–Crippen MR) is 86.0 cm³/mol. The molecule has 3 rings (SSSR count). The summed E-state index contributed by atoms with van der Waals surface area (Å²) < 4.78 is 0. The van der Waals surface area contributed by atoms with Gasteiger partial charge >= 0.3 is 0 Å². The van der Waals surface area contributed by atoms with Crippen molar-refractivity contribution in [2.24, 2.45) is 5.92 Å². The van der Waals surface area contributed by atoms with Gasteiger partial charge < -0.3 is 10.6 Å². The van der Waals surface area contributed by atoms with Crippen LogP contribution in [0.15, 0.2) is 30.5 Å². The zero-order valence-electron chi connectivity index (χ0n) is 12.2. The summed E-state index contributed by atoms with van der Waals surface area (Å²) in [5, 5.41) is 1.07. The fourth-order valence-corrected chi connectivity index (χ4v) is 3.31. The van der Waals surface area contributed by atoms with E-state index in [4.69, 9.17) is 5.73 Å². The molecule has 0 bridgehead atoms. The Morgan fingerprint density at radius 2 is 2.05 bits per heavy atom. The minimum absolute atomic E-state index is 0.879. The first-order chi connectivity index (χ1) is 9.79. The minimum atomic E-state index is 0.879. The van der Waals surface area contributed by atoms with Crippen LogP contribution in [0.5, 0.6) is 0 Å². The molecular formula is C17H23N3. The number of nitrogen functional groups attached to an aromatic ring is 1. The van der Waals surface area contributed by atoms with Crippen molar-refractivity contribution in [1.82, 2.24) is 4.98 Å². The van der Waals surface area contributed by atoms with Crippen LogP contribution in [-0.2, 0) is 0 Å². The number of rotatable bonds is 3. The number of nitrogens with zero attached hydrogens (tertiary/aromatic N) is 2. The van der Waals surface area contributed by atoms with Gasteiger partial charge in [-0.1, -0.05) is 19.8 Å². The van der Waals surface area contributed by atoms with E-state index in [1.165, 1.54) is 31.4 Å². The Kier molecular flexibility index (Phi) is 3.77. The molecule has 2 aromatic rings. The van der Waals surface area contributed by atoms with Crippen LogP contribution in [0.3, 0.4) is 0 Å². The van der Waals surface area contributed by atoms with Gasteiger partial charge in [-0.15, -0.1) is 0 Å². The second-order valence-corrected chi connectivity index (χ2v) is 5.79. The van der Waals surface area contributed by atoms with Crippen molar-refractivity contribution >= 4 is 22.3 Å². The molecule has 20 heavy (non-hydrogen) atoms. The van der Waals surface area contributed by atoms with Crippen LogP contribution in [-0.4, -0.2) is 18.1 Å². The fourth-order valence-electron chi connectivity index (χ4n) is 3.31. The third-order valence-electron chi connectivity index (χ3n) is 4.46. The second-order valence-electron chi connectivity index (χ2n) is 5.79. The number of piperidine rings is 1. The molecule has 0 amide bonds. The molecule has 1 aliphatic rings. The van der Waals surface area contributed by atoms with Gasteiger partial charge in [0, 0.05) is 24.7 Å². The number of anilines is 2. The summed E-state index contributed by atoms with van der Waals surface area (Å²) in [4.78, 5) is 6.80. The normalized spacial score (nSPS) is 16.8. The zero-order chi connectivity index (χ0) is 13.9. The second kappa shape index (κ2) is 5.70. The number of fused-ring (bicyclic) bond motifs is 1. The molecule has 0 unspecified atom stereocenters. The van der Waals surface area contributed by atoms with Crippen molar-refractivity contribution < 1.29 is 0 Å². The van der Waals surface area contributed by atoms with Crippen molar-refractivity contribution in [3.8, 4) is 0 Å². The number of pyridine rings is 1. The van der Waals surface area contributed by atoms with Crippen molar-refractivity contribution in [2.75, 3.05) is 23.7 Å². The van der Waals surface area contributed by atoms with Gasteiger partial charge in [0.25, 0.3) is 0 Å². The maximum atomic E-state index is 6.36. The van der Waals surface area contributed by atoms with E-state index in [9.17, 15) is 0 Å². The number of benzene rings is 1. The third-order valence-corrected chi connectivity index (χ3v) is 4.46. The summed E-state index contributed by atoms with van der Waals surface area (Å²) in [7, 11) is 0. The lowest BCUT2D eigenvalue weighted by molar-refractivity contribution is 0.378. The number of hydrogen-bond donors (Lipinski definition) is 1. The molecule has 1 fully saturated rings. The van der Waals surface area contributed by atoms with E-state index in [-0.39, 0.29) is 0 Å². The Hall–Kier alpha value is -1.77. The molecule has 106 valence electrons. The summed E-state index contributed by atoms with van der Waals surface area (Å²) in [6.45, 7) is 4.53. The van der Waals surface area contributed by atoms with Crippen LogP contribution >= 0.6 is 0 Å². The Morgan fingerprint density at radius 1 is 1.25 bits per heavy atom. The molecule has 3 heteroatoms. The van der Waals surface area contributed by atoms with E-state index in [0.717, 1.165) is 35.6 Å². The summed E-state index contributed by atoms with van der Waals surface area (Å²) >= 11 is 0. The maximum absolute atomic E-state index is 6.36. The first kappa shape index (κ1) is 13.2. The molecule has 0 spiro atoms. The topological polar surface area (TPSA) is 42.2 Å². The lowest BCUT2D eigenvalue weighted by Gasteiger charge is -2.34. The Balaban J connectivity index is 1.83. The van der Waals surface area contributed by atoms with E-state index in [2.05, 4.69) is 35.0 Å². The predicted octanol–water partition coefficient (Wildman–Crippen LogP) is 3.83. The van der Waals surface area contributed by atoms with Crippen molar-refractivity contribution in [3.05, 3.63) is 30.5 Å². The molecule has 3 nitrogen and oxygen atoms in total. The molecule has 1 aliphatic heterocycles. The van der Waals surface area contributed by atoms with Gasteiger partial charge in [0.2, 0.25) is 0 Å². The van der Waals surface area contributed by atoms with Crippen LogP contribution in [0.1, 0.15) is 32.6 Å².